The standard InChI is InChI=1S/C9H7ClF3NO2/c1-16-7(15)2-5-3-14-4-6(10)8(5)9(11,12)13/h3-4H,2H2,1H3. The fourth-order valence-corrected chi connectivity index (χ4v) is 1.44. The predicted octanol–water partition coefficient (Wildman–Crippen LogP) is 2.47. The van der Waals surface area contributed by atoms with E-state index in [1.165, 1.54) is 0 Å². The third-order valence-electron chi connectivity index (χ3n) is 1.82. The number of pyridine rings is 1. The van der Waals surface area contributed by atoms with Crippen molar-refractivity contribution in [2.45, 2.75) is 12.6 Å². The first-order valence-electron chi connectivity index (χ1n) is 4.12. The second kappa shape index (κ2) is 4.69. The van der Waals surface area contributed by atoms with Crippen LogP contribution in [0.5, 0.6) is 0 Å². The second-order valence-electron chi connectivity index (χ2n) is 2.91. The van der Waals surface area contributed by atoms with Crippen molar-refractivity contribution in [1.82, 2.24) is 4.98 Å². The number of hydrogen-bond acceptors (Lipinski definition) is 3. The summed E-state index contributed by atoms with van der Waals surface area (Å²) in [6.45, 7) is 0. The van der Waals surface area contributed by atoms with Crippen LogP contribution in [0.3, 0.4) is 0 Å². The first-order chi connectivity index (χ1) is 7.36. The van der Waals surface area contributed by atoms with Crippen LogP contribution >= 0.6 is 11.6 Å². The number of esters is 1. The van der Waals surface area contributed by atoms with Crippen LogP contribution in [0.2, 0.25) is 5.02 Å². The lowest BCUT2D eigenvalue weighted by Gasteiger charge is -2.12. The molecule has 0 spiro atoms. The molecule has 0 saturated heterocycles. The van der Waals surface area contributed by atoms with Crippen molar-refractivity contribution in [1.29, 1.82) is 0 Å². The van der Waals surface area contributed by atoms with Crippen molar-refractivity contribution in [3.05, 3.63) is 28.5 Å². The SMILES string of the molecule is COC(=O)Cc1cncc(Cl)c1C(F)(F)F. The summed E-state index contributed by atoms with van der Waals surface area (Å²) in [5, 5.41) is -0.533. The minimum atomic E-state index is -4.62. The summed E-state index contributed by atoms with van der Waals surface area (Å²) in [6.07, 6.45) is -3.31. The normalized spacial score (nSPS) is 11.3. The molecule has 0 bridgehead atoms. The number of ether oxygens (including phenoxy) is 1. The Balaban J connectivity index is 3.18. The summed E-state index contributed by atoms with van der Waals surface area (Å²) >= 11 is 5.41. The monoisotopic (exact) mass is 253 g/mol. The molecule has 0 aliphatic rings. The minimum absolute atomic E-state index is 0.299. The average molecular weight is 254 g/mol. The van der Waals surface area contributed by atoms with E-state index in [4.69, 9.17) is 11.6 Å². The van der Waals surface area contributed by atoms with Crippen LogP contribution in [0.4, 0.5) is 13.2 Å². The molecule has 1 aromatic heterocycles. The maximum Gasteiger partial charge on any atom is 0.418 e. The highest BCUT2D eigenvalue weighted by Gasteiger charge is 2.36. The maximum absolute atomic E-state index is 12.6. The molecular weight excluding hydrogens is 247 g/mol. The van der Waals surface area contributed by atoms with Gasteiger partial charge in [0.2, 0.25) is 0 Å². The van der Waals surface area contributed by atoms with E-state index < -0.39 is 29.2 Å². The zero-order valence-corrected chi connectivity index (χ0v) is 8.89. The van der Waals surface area contributed by atoms with Gasteiger partial charge in [0.25, 0.3) is 0 Å². The van der Waals surface area contributed by atoms with E-state index in [9.17, 15) is 18.0 Å². The fourth-order valence-electron chi connectivity index (χ4n) is 1.15. The molecule has 3 nitrogen and oxygen atoms in total. The van der Waals surface area contributed by atoms with Gasteiger partial charge in [-0.05, 0) is 5.56 Å². The summed E-state index contributed by atoms with van der Waals surface area (Å²) in [7, 11) is 1.09. The Morgan fingerprint density at radius 3 is 2.62 bits per heavy atom. The highest BCUT2D eigenvalue weighted by molar-refractivity contribution is 6.31. The molecular formula is C9H7ClF3NO2. The smallest absolute Gasteiger partial charge is 0.418 e. The van der Waals surface area contributed by atoms with Crippen molar-refractivity contribution < 1.29 is 22.7 Å². The zero-order valence-electron chi connectivity index (χ0n) is 8.14. The van der Waals surface area contributed by atoms with Crippen LogP contribution in [0.15, 0.2) is 12.4 Å². The fraction of sp³-hybridized carbons (Fsp3) is 0.333. The number of carbonyl (C=O) groups is 1. The van der Waals surface area contributed by atoms with E-state index in [0.29, 0.717) is 0 Å². The Labute approximate surface area is 94.2 Å². The molecule has 88 valence electrons. The van der Waals surface area contributed by atoms with Gasteiger partial charge < -0.3 is 4.74 Å². The van der Waals surface area contributed by atoms with E-state index in [0.717, 1.165) is 19.5 Å². The molecule has 1 heterocycles. The predicted molar refractivity (Wildman–Crippen MR) is 50.0 cm³/mol. The van der Waals surface area contributed by atoms with Gasteiger partial charge in [-0.25, -0.2) is 0 Å². The van der Waals surface area contributed by atoms with Crippen molar-refractivity contribution in [2.75, 3.05) is 7.11 Å². The third-order valence-corrected chi connectivity index (χ3v) is 2.11. The molecule has 0 aliphatic heterocycles. The third kappa shape index (κ3) is 2.85. The highest BCUT2D eigenvalue weighted by Crippen LogP contribution is 2.36. The molecule has 1 rings (SSSR count). The minimum Gasteiger partial charge on any atom is -0.469 e. The number of halogens is 4. The average Bonchev–Trinajstić information content (AvgIpc) is 2.15. The molecule has 1 aromatic rings. The van der Waals surface area contributed by atoms with E-state index in [2.05, 4.69) is 9.72 Å². The van der Waals surface area contributed by atoms with Gasteiger partial charge in [-0.2, -0.15) is 13.2 Å². The van der Waals surface area contributed by atoms with E-state index >= 15 is 0 Å². The van der Waals surface area contributed by atoms with Gasteiger partial charge in [0.05, 0.1) is 24.1 Å². The van der Waals surface area contributed by atoms with Crippen LogP contribution in [-0.4, -0.2) is 18.1 Å². The van der Waals surface area contributed by atoms with Crippen molar-refractivity contribution in [3.8, 4) is 0 Å². The molecule has 0 unspecified atom stereocenters. The van der Waals surface area contributed by atoms with Crippen molar-refractivity contribution >= 4 is 17.6 Å². The Bertz CT molecular complexity index is 406. The number of methoxy groups -OCH3 is 1. The molecule has 7 heteroatoms. The van der Waals surface area contributed by atoms with E-state index in [-0.39, 0.29) is 5.56 Å². The summed E-state index contributed by atoms with van der Waals surface area (Å²) in [4.78, 5) is 14.4. The summed E-state index contributed by atoms with van der Waals surface area (Å²) in [6, 6.07) is 0. The van der Waals surface area contributed by atoms with Gasteiger partial charge in [-0.1, -0.05) is 11.6 Å². The summed E-state index contributed by atoms with van der Waals surface area (Å²) in [5.74, 6) is -0.783. The first-order valence-corrected chi connectivity index (χ1v) is 4.50. The van der Waals surface area contributed by atoms with Crippen LogP contribution in [0.25, 0.3) is 0 Å². The van der Waals surface area contributed by atoms with E-state index in [1.54, 1.807) is 0 Å². The van der Waals surface area contributed by atoms with Crippen molar-refractivity contribution in [2.24, 2.45) is 0 Å². The van der Waals surface area contributed by atoms with Gasteiger partial charge in [-0.3, -0.25) is 9.78 Å². The number of nitrogens with zero attached hydrogens (tertiary/aromatic N) is 1. The molecule has 0 N–H and O–H groups in total. The molecule has 0 aliphatic carbocycles. The lowest BCUT2D eigenvalue weighted by atomic mass is 10.1. The molecule has 0 saturated carbocycles. The number of carbonyl (C=O) groups excluding carboxylic acids is 1. The Hall–Kier alpha value is -1.30. The second-order valence-corrected chi connectivity index (χ2v) is 3.31. The van der Waals surface area contributed by atoms with Crippen molar-refractivity contribution in [3.63, 3.8) is 0 Å². The Morgan fingerprint density at radius 2 is 2.12 bits per heavy atom. The van der Waals surface area contributed by atoms with Gasteiger partial charge in [0.15, 0.2) is 0 Å². The van der Waals surface area contributed by atoms with Crippen LogP contribution in [0.1, 0.15) is 11.1 Å². The lowest BCUT2D eigenvalue weighted by molar-refractivity contribution is -0.141. The highest BCUT2D eigenvalue weighted by atomic mass is 35.5. The zero-order chi connectivity index (χ0) is 12.3. The topological polar surface area (TPSA) is 39.2 Å². The van der Waals surface area contributed by atoms with Gasteiger partial charge >= 0.3 is 12.1 Å². The summed E-state index contributed by atoms with van der Waals surface area (Å²) < 4.78 is 42.1. The van der Waals surface area contributed by atoms with Gasteiger partial charge in [0.1, 0.15) is 0 Å². The van der Waals surface area contributed by atoms with Crippen LogP contribution in [-0.2, 0) is 22.1 Å². The molecule has 0 atom stereocenters. The van der Waals surface area contributed by atoms with Gasteiger partial charge in [0, 0.05) is 12.4 Å². The molecule has 0 amide bonds. The molecule has 0 fully saturated rings. The Kier molecular flexibility index (Phi) is 3.74. The van der Waals surface area contributed by atoms with Crippen LogP contribution < -0.4 is 0 Å². The lowest BCUT2D eigenvalue weighted by Crippen LogP contribution is -2.14. The first kappa shape index (κ1) is 12.8. The van der Waals surface area contributed by atoms with E-state index in [1.807, 2.05) is 0 Å². The quantitative estimate of drug-likeness (QED) is 0.760. The number of rotatable bonds is 2. The Morgan fingerprint density at radius 1 is 1.50 bits per heavy atom. The largest absolute Gasteiger partial charge is 0.469 e. The maximum atomic E-state index is 12.6. The van der Waals surface area contributed by atoms with Crippen LogP contribution in [0, 0.1) is 0 Å². The number of hydrogen-bond donors (Lipinski definition) is 0. The summed E-state index contributed by atoms with van der Waals surface area (Å²) in [5.41, 5.74) is -1.35. The molecule has 0 aromatic carbocycles. The number of aromatic nitrogens is 1. The molecule has 0 radical (unpaired) electrons. The van der Waals surface area contributed by atoms with Gasteiger partial charge in [-0.15, -0.1) is 0 Å². The number of alkyl halides is 3. The molecule has 16 heavy (non-hydrogen) atoms.